The molecule has 0 fully saturated rings. The Morgan fingerprint density at radius 2 is 1.28 bits per heavy atom. The van der Waals surface area contributed by atoms with Gasteiger partial charge in [0.25, 0.3) is 0 Å². The van der Waals surface area contributed by atoms with Crippen molar-refractivity contribution in [3.63, 3.8) is 0 Å². The van der Waals surface area contributed by atoms with Crippen molar-refractivity contribution in [1.82, 2.24) is 4.90 Å². The lowest BCUT2D eigenvalue weighted by Crippen LogP contribution is -2.17. The first-order valence-corrected chi connectivity index (χ1v) is 7.27. The smallest absolute Gasteiger partial charge is 0.178 e. The van der Waals surface area contributed by atoms with Crippen LogP contribution in [0.2, 0.25) is 0 Å². The van der Waals surface area contributed by atoms with E-state index in [0.29, 0.717) is 0 Å². The summed E-state index contributed by atoms with van der Waals surface area (Å²) in [4.78, 5) is 1.81. The monoisotopic (exact) mass is 277 g/mol. The second-order valence-electron chi connectivity index (χ2n) is 5.02. The molecule has 0 bridgehead atoms. The first-order valence-electron chi connectivity index (χ1n) is 7.27. The van der Waals surface area contributed by atoms with Gasteiger partial charge in [-0.1, -0.05) is 64.7 Å². The van der Waals surface area contributed by atoms with Crippen LogP contribution in [0.4, 0.5) is 0 Å². The van der Waals surface area contributed by atoms with Crippen molar-refractivity contribution in [2.24, 2.45) is 0 Å². The molecule has 3 heteroatoms. The van der Waals surface area contributed by atoms with Crippen molar-refractivity contribution in [1.29, 1.82) is 0 Å². The molecule has 0 spiro atoms. The number of aliphatic hydroxyl groups is 1. The summed E-state index contributed by atoms with van der Waals surface area (Å²) in [5, 5.41) is 9.10. The summed E-state index contributed by atoms with van der Waals surface area (Å²) in [6.45, 7) is 6.68. The van der Waals surface area contributed by atoms with Gasteiger partial charge in [0.1, 0.15) is 0 Å². The van der Waals surface area contributed by atoms with Gasteiger partial charge in [0.15, 0.2) is 5.88 Å². The number of hydrogen-bond acceptors (Lipinski definition) is 2. The van der Waals surface area contributed by atoms with Crippen LogP contribution < -0.4 is 0 Å². The summed E-state index contributed by atoms with van der Waals surface area (Å²) >= 11 is 0. The maximum absolute atomic E-state index is 9.10. The Morgan fingerprint density at radius 3 is 1.67 bits per heavy atom. The second-order valence-corrected chi connectivity index (χ2v) is 5.02. The zero-order valence-electron chi connectivity index (χ0n) is 12.3. The van der Waals surface area contributed by atoms with E-state index in [4.69, 9.17) is 5.11 Å². The highest BCUT2D eigenvalue weighted by molar-refractivity contribution is 5.85. The Bertz CT molecular complexity index is 185. The van der Waals surface area contributed by atoms with Crippen LogP contribution in [0.5, 0.6) is 0 Å². The van der Waals surface area contributed by atoms with Gasteiger partial charge in [-0.05, 0) is 13.0 Å². The van der Waals surface area contributed by atoms with Crippen molar-refractivity contribution in [2.45, 2.75) is 71.1 Å². The summed E-state index contributed by atoms with van der Waals surface area (Å²) in [6.07, 6.45) is 13.5. The van der Waals surface area contributed by atoms with Gasteiger partial charge in [-0.25, -0.2) is 0 Å². The number of halogens is 1. The number of hydrogen-bond donors (Lipinski definition) is 1. The summed E-state index contributed by atoms with van der Waals surface area (Å²) in [5.41, 5.74) is 0. The van der Waals surface area contributed by atoms with Crippen LogP contribution in [0.3, 0.4) is 0 Å². The Labute approximate surface area is 120 Å². The van der Waals surface area contributed by atoms with E-state index in [1.165, 1.54) is 57.8 Å². The highest BCUT2D eigenvalue weighted by Crippen LogP contribution is 2.10. The quantitative estimate of drug-likeness (QED) is 0.387. The molecule has 0 radical (unpaired) electrons. The molecule has 0 aromatic carbocycles. The molecule has 0 heterocycles. The van der Waals surface area contributed by atoms with E-state index in [9.17, 15) is 0 Å². The minimum atomic E-state index is 0. The van der Waals surface area contributed by atoms with Crippen LogP contribution in [0.15, 0.2) is 12.5 Å². The third kappa shape index (κ3) is 13.7. The molecule has 0 aliphatic carbocycles. The molecule has 0 aliphatic heterocycles. The van der Waals surface area contributed by atoms with E-state index in [2.05, 4.69) is 13.5 Å². The van der Waals surface area contributed by atoms with E-state index in [1.54, 1.807) is 0 Å². The number of nitrogens with zero attached hydrogens (tertiary/aromatic N) is 1. The molecule has 0 aromatic rings. The molecule has 0 rings (SSSR count). The normalized spacial score (nSPS) is 9.89. The SMILES string of the molecule is C=C(O)N(C)CCCCCCCCCCCC.Cl. The predicted molar refractivity (Wildman–Crippen MR) is 83.5 cm³/mol. The molecule has 0 unspecified atom stereocenters. The van der Waals surface area contributed by atoms with Crippen molar-refractivity contribution in [3.8, 4) is 0 Å². The Kier molecular flexibility index (Phi) is 16.3. The molecule has 1 N–H and O–H groups in total. The average molecular weight is 278 g/mol. The maximum atomic E-state index is 9.10. The van der Waals surface area contributed by atoms with Crippen molar-refractivity contribution < 1.29 is 5.11 Å². The van der Waals surface area contributed by atoms with Crippen molar-refractivity contribution in [2.75, 3.05) is 13.6 Å². The Morgan fingerprint density at radius 1 is 0.889 bits per heavy atom. The van der Waals surface area contributed by atoms with E-state index < -0.39 is 0 Å². The van der Waals surface area contributed by atoms with Crippen molar-refractivity contribution >= 4 is 12.4 Å². The lowest BCUT2D eigenvalue weighted by atomic mass is 10.1. The molecule has 18 heavy (non-hydrogen) atoms. The first-order chi connectivity index (χ1) is 8.18. The van der Waals surface area contributed by atoms with Gasteiger partial charge >= 0.3 is 0 Å². The Balaban J connectivity index is 0. The minimum Gasteiger partial charge on any atom is -0.495 e. The average Bonchev–Trinajstić information content (AvgIpc) is 2.31. The fourth-order valence-corrected chi connectivity index (χ4v) is 1.97. The lowest BCUT2D eigenvalue weighted by molar-refractivity contribution is 0.232. The number of aliphatic hydroxyl groups excluding tert-OH is 1. The van der Waals surface area contributed by atoms with Crippen LogP contribution in [0, 0.1) is 0 Å². The van der Waals surface area contributed by atoms with E-state index in [0.717, 1.165) is 13.0 Å². The third-order valence-corrected chi connectivity index (χ3v) is 3.29. The van der Waals surface area contributed by atoms with Gasteiger partial charge in [-0.2, -0.15) is 0 Å². The van der Waals surface area contributed by atoms with E-state index >= 15 is 0 Å². The molecule has 0 aromatic heterocycles. The predicted octanol–water partition coefficient (Wildman–Crippen LogP) is 5.29. The molecule has 2 nitrogen and oxygen atoms in total. The number of unbranched alkanes of at least 4 members (excludes halogenated alkanes) is 9. The van der Waals surface area contributed by atoms with Crippen LogP contribution in [0.25, 0.3) is 0 Å². The highest BCUT2D eigenvalue weighted by atomic mass is 35.5. The lowest BCUT2D eigenvalue weighted by Gasteiger charge is -2.16. The Hall–Kier alpha value is -0.370. The fraction of sp³-hybridized carbons (Fsp3) is 0.867. The summed E-state index contributed by atoms with van der Waals surface area (Å²) in [6, 6.07) is 0. The molecule has 110 valence electrons. The first kappa shape index (κ1) is 20.0. The van der Waals surface area contributed by atoms with Gasteiger partial charge in [-0.3, -0.25) is 0 Å². The highest BCUT2D eigenvalue weighted by Gasteiger charge is 1.98. The molecule has 0 atom stereocenters. The standard InChI is InChI=1S/C15H31NO.ClH/c1-4-5-6-7-8-9-10-11-12-13-14-16(3)15(2)17;/h17H,2,4-14H2,1,3H3;1H. The van der Waals surface area contributed by atoms with Gasteiger partial charge < -0.3 is 10.0 Å². The zero-order chi connectivity index (χ0) is 12.9. The fourth-order valence-electron chi connectivity index (χ4n) is 1.97. The topological polar surface area (TPSA) is 23.5 Å². The molecular weight excluding hydrogens is 246 g/mol. The maximum Gasteiger partial charge on any atom is 0.178 e. The van der Waals surface area contributed by atoms with Crippen molar-refractivity contribution in [3.05, 3.63) is 12.5 Å². The van der Waals surface area contributed by atoms with Gasteiger partial charge in [0.05, 0.1) is 0 Å². The van der Waals surface area contributed by atoms with Crippen LogP contribution in [0.1, 0.15) is 71.1 Å². The second kappa shape index (κ2) is 14.7. The summed E-state index contributed by atoms with van der Waals surface area (Å²) < 4.78 is 0. The zero-order valence-corrected chi connectivity index (χ0v) is 13.1. The van der Waals surface area contributed by atoms with Crippen LogP contribution in [-0.2, 0) is 0 Å². The molecule has 0 amide bonds. The molecule has 0 aliphatic rings. The van der Waals surface area contributed by atoms with Crippen LogP contribution >= 0.6 is 12.4 Å². The number of rotatable bonds is 12. The largest absolute Gasteiger partial charge is 0.495 e. The van der Waals surface area contributed by atoms with E-state index in [1.807, 2.05) is 11.9 Å². The molecule has 0 saturated heterocycles. The molecule has 0 saturated carbocycles. The van der Waals surface area contributed by atoms with E-state index in [-0.39, 0.29) is 18.3 Å². The summed E-state index contributed by atoms with van der Waals surface area (Å²) in [5.74, 6) is 0.181. The molecular formula is C15H32ClNO. The van der Waals surface area contributed by atoms with Gasteiger partial charge in [0.2, 0.25) is 0 Å². The van der Waals surface area contributed by atoms with Gasteiger partial charge in [0, 0.05) is 13.6 Å². The minimum absolute atomic E-state index is 0. The third-order valence-electron chi connectivity index (χ3n) is 3.29. The summed E-state index contributed by atoms with van der Waals surface area (Å²) in [7, 11) is 1.88. The van der Waals surface area contributed by atoms with Gasteiger partial charge in [-0.15, -0.1) is 12.4 Å². The van der Waals surface area contributed by atoms with Crippen LogP contribution in [-0.4, -0.2) is 23.6 Å².